The fourth-order valence-corrected chi connectivity index (χ4v) is 4.27. The fraction of sp³-hybridized carbons (Fsp3) is 0.200. The van der Waals surface area contributed by atoms with E-state index in [9.17, 15) is 4.79 Å². The monoisotopic (exact) mass is 447 g/mol. The van der Waals surface area contributed by atoms with Crippen LogP contribution in [0.4, 0.5) is 5.13 Å². The first-order valence-electron chi connectivity index (χ1n) is 10.3. The number of nitrogens with zero attached hydrogens (tertiary/aromatic N) is 3. The molecular formula is C25H25N3O3S. The normalized spacial score (nSPS) is 10.7. The third-order valence-corrected chi connectivity index (χ3v) is 6.01. The number of thiazole rings is 1. The lowest BCUT2D eigenvalue weighted by Crippen LogP contribution is -2.22. The van der Waals surface area contributed by atoms with Crippen molar-refractivity contribution in [3.63, 3.8) is 0 Å². The molecule has 0 spiro atoms. The summed E-state index contributed by atoms with van der Waals surface area (Å²) in [4.78, 5) is 19.1. The van der Waals surface area contributed by atoms with Crippen molar-refractivity contribution >= 4 is 16.5 Å². The molecular weight excluding hydrogens is 422 g/mol. The van der Waals surface area contributed by atoms with Crippen LogP contribution < -0.4 is 19.9 Å². The van der Waals surface area contributed by atoms with Crippen LogP contribution in [0.1, 0.15) is 16.8 Å². The van der Waals surface area contributed by atoms with Crippen molar-refractivity contribution in [1.82, 2.24) is 9.55 Å². The summed E-state index contributed by atoms with van der Waals surface area (Å²) in [7, 11) is 3.34. The lowest BCUT2D eigenvalue weighted by Gasteiger charge is -2.23. The Kier molecular flexibility index (Phi) is 6.87. The molecule has 0 atom stereocenters. The molecule has 0 saturated heterocycles. The molecule has 2 aromatic heterocycles. The molecule has 4 rings (SSSR count). The number of methoxy groups -OCH3 is 2. The van der Waals surface area contributed by atoms with Crippen molar-refractivity contribution in [3.8, 4) is 11.5 Å². The number of anilines is 1. The van der Waals surface area contributed by atoms with E-state index < -0.39 is 0 Å². The van der Waals surface area contributed by atoms with Crippen LogP contribution in [0.3, 0.4) is 0 Å². The highest BCUT2D eigenvalue weighted by Gasteiger charge is 2.14. The molecule has 0 fully saturated rings. The molecule has 2 aromatic carbocycles. The highest BCUT2D eigenvalue weighted by atomic mass is 32.1. The molecule has 6 nitrogen and oxygen atoms in total. The number of rotatable bonds is 9. The summed E-state index contributed by atoms with van der Waals surface area (Å²) in [6, 6.07) is 21.3. The Morgan fingerprint density at radius 3 is 2.16 bits per heavy atom. The van der Waals surface area contributed by atoms with Gasteiger partial charge in [-0.05, 0) is 41.5 Å². The van der Waals surface area contributed by atoms with Crippen molar-refractivity contribution in [2.45, 2.75) is 19.6 Å². The molecule has 32 heavy (non-hydrogen) atoms. The van der Waals surface area contributed by atoms with E-state index in [0.29, 0.717) is 19.6 Å². The molecule has 0 aliphatic rings. The van der Waals surface area contributed by atoms with E-state index in [1.807, 2.05) is 47.8 Å². The summed E-state index contributed by atoms with van der Waals surface area (Å²) in [5, 5.41) is 2.91. The third kappa shape index (κ3) is 5.36. The van der Waals surface area contributed by atoms with Crippen LogP contribution in [0.25, 0.3) is 0 Å². The number of ether oxygens (including phenoxy) is 2. The van der Waals surface area contributed by atoms with Gasteiger partial charge in [0.05, 0.1) is 26.5 Å². The van der Waals surface area contributed by atoms with E-state index in [2.05, 4.69) is 17.0 Å². The second-order valence-electron chi connectivity index (χ2n) is 7.35. The van der Waals surface area contributed by atoms with E-state index in [-0.39, 0.29) is 5.56 Å². The van der Waals surface area contributed by atoms with E-state index in [0.717, 1.165) is 33.5 Å². The first kappa shape index (κ1) is 21.6. The fourth-order valence-electron chi connectivity index (χ4n) is 3.45. The molecule has 2 heterocycles. The molecule has 0 N–H and O–H groups in total. The van der Waals surface area contributed by atoms with E-state index in [1.165, 1.54) is 0 Å². The van der Waals surface area contributed by atoms with Gasteiger partial charge >= 0.3 is 0 Å². The Bertz CT molecular complexity index is 1190. The van der Waals surface area contributed by atoms with Crippen molar-refractivity contribution in [2.24, 2.45) is 0 Å². The van der Waals surface area contributed by atoms with Gasteiger partial charge in [-0.1, -0.05) is 30.3 Å². The summed E-state index contributed by atoms with van der Waals surface area (Å²) >= 11 is 1.58. The summed E-state index contributed by atoms with van der Waals surface area (Å²) in [6.45, 7) is 1.79. The number of hydrogen-bond donors (Lipinski definition) is 0. The van der Waals surface area contributed by atoms with Crippen molar-refractivity contribution in [2.75, 3.05) is 19.1 Å². The van der Waals surface area contributed by atoms with E-state index in [1.54, 1.807) is 48.5 Å². The maximum atomic E-state index is 12.1. The third-order valence-electron chi connectivity index (χ3n) is 5.06. The van der Waals surface area contributed by atoms with Gasteiger partial charge in [-0.25, -0.2) is 4.98 Å². The van der Waals surface area contributed by atoms with Crippen LogP contribution in [-0.4, -0.2) is 23.8 Å². The zero-order chi connectivity index (χ0) is 22.3. The SMILES string of the molecule is COc1cccc(CN(Cc2cccc(OC)c2)c2nc(Cn3ccccc3=O)cs2)c1. The van der Waals surface area contributed by atoms with E-state index in [4.69, 9.17) is 14.5 Å². The molecule has 0 aliphatic heterocycles. The minimum absolute atomic E-state index is 0.0355. The topological polar surface area (TPSA) is 56.6 Å². The average Bonchev–Trinajstić information content (AvgIpc) is 3.29. The smallest absolute Gasteiger partial charge is 0.250 e. The highest BCUT2D eigenvalue weighted by molar-refractivity contribution is 7.13. The first-order chi connectivity index (χ1) is 15.6. The zero-order valence-electron chi connectivity index (χ0n) is 18.1. The number of benzene rings is 2. The Hall–Kier alpha value is -3.58. The van der Waals surface area contributed by atoms with Gasteiger partial charge in [0.1, 0.15) is 11.5 Å². The zero-order valence-corrected chi connectivity index (χ0v) is 18.9. The van der Waals surface area contributed by atoms with Gasteiger partial charge in [0.25, 0.3) is 5.56 Å². The molecule has 0 unspecified atom stereocenters. The van der Waals surface area contributed by atoms with Crippen LogP contribution >= 0.6 is 11.3 Å². The van der Waals surface area contributed by atoms with Crippen LogP contribution in [0.2, 0.25) is 0 Å². The molecule has 164 valence electrons. The molecule has 7 heteroatoms. The lowest BCUT2D eigenvalue weighted by atomic mass is 10.1. The standard InChI is InChI=1S/C25H25N3O3S/c1-30-22-9-5-7-19(13-22)15-28(16-20-8-6-10-23(14-20)31-2)25-26-21(18-32-25)17-27-12-4-3-11-24(27)29/h3-14,18H,15-17H2,1-2H3. The minimum atomic E-state index is -0.0355. The molecule has 0 aliphatic carbocycles. The highest BCUT2D eigenvalue weighted by Crippen LogP contribution is 2.27. The second kappa shape index (κ2) is 10.2. The maximum Gasteiger partial charge on any atom is 0.250 e. The predicted octanol–water partition coefficient (Wildman–Crippen LogP) is 4.58. The number of hydrogen-bond acceptors (Lipinski definition) is 6. The summed E-state index contributed by atoms with van der Waals surface area (Å²) in [5.41, 5.74) is 3.08. The molecule has 0 radical (unpaired) electrons. The Labute approximate surface area is 191 Å². The summed E-state index contributed by atoms with van der Waals surface area (Å²) < 4.78 is 12.4. The van der Waals surface area contributed by atoms with Crippen molar-refractivity contribution in [1.29, 1.82) is 0 Å². The maximum absolute atomic E-state index is 12.1. The molecule has 4 aromatic rings. The average molecular weight is 448 g/mol. The van der Waals surface area contributed by atoms with Gasteiger partial charge in [-0.3, -0.25) is 4.79 Å². The van der Waals surface area contributed by atoms with Crippen LogP contribution in [0.15, 0.2) is 83.1 Å². The van der Waals surface area contributed by atoms with Gasteiger partial charge in [0, 0.05) is 30.7 Å². The van der Waals surface area contributed by atoms with Gasteiger partial charge in [-0.2, -0.15) is 0 Å². The summed E-state index contributed by atoms with van der Waals surface area (Å²) in [5.74, 6) is 1.65. The number of pyridine rings is 1. The molecule has 0 saturated carbocycles. The van der Waals surface area contributed by atoms with Gasteiger partial charge < -0.3 is 18.9 Å². The van der Waals surface area contributed by atoms with Crippen molar-refractivity contribution < 1.29 is 9.47 Å². The predicted molar refractivity (Wildman–Crippen MR) is 128 cm³/mol. The second-order valence-corrected chi connectivity index (χ2v) is 8.18. The van der Waals surface area contributed by atoms with Crippen LogP contribution in [0, 0.1) is 0 Å². The summed E-state index contributed by atoms with van der Waals surface area (Å²) in [6.07, 6.45) is 1.78. The first-order valence-corrected chi connectivity index (χ1v) is 11.1. The number of aromatic nitrogens is 2. The Morgan fingerprint density at radius 1 is 0.906 bits per heavy atom. The quantitative estimate of drug-likeness (QED) is 0.376. The van der Waals surface area contributed by atoms with E-state index >= 15 is 0 Å². The minimum Gasteiger partial charge on any atom is -0.497 e. The lowest BCUT2D eigenvalue weighted by molar-refractivity contribution is 0.414. The van der Waals surface area contributed by atoms with Gasteiger partial charge in [0.2, 0.25) is 0 Å². The van der Waals surface area contributed by atoms with Crippen LogP contribution in [0.5, 0.6) is 11.5 Å². The van der Waals surface area contributed by atoms with Crippen molar-refractivity contribution in [3.05, 3.63) is 105 Å². The largest absolute Gasteiger partial charge is 0.497 e. The molecule has 0 amide bonds. The Balaban J connectivity index is 1.61. The van der Waals surface area contributed by atoms with Crippen LogP contribution in [-0.2, 0) is 19.6 Å². The van der Waals surface area contributed by atoms with Gasteiger partial charge in [-0.15, -0.1) is 11.3 Å². The molecule has 0 bridgehead atoms. The van der Waals surface area contributed by atoms with Gasteiger partial charge in [0.15, 0.2) is 5.13 Å². The Morgan fingerprint density at radius 2 is 1.56 bits per heavy atom.